The number of methoxy groups -OCH3 is 1. The van der Waals surface area contributed by atoms with Crippen molar-refractivity contribution in [1.29, 1.82) is 0 Å². The summed E-state index contributed by atoms with van der Waals surface area (Å²) >= 11 is 0. The van der Waals surface area contributed by atoms with E-state index in [0.717, 1.165) is 30.6 Å². The number of hydrogen-bond donors (Lipinski definition) is 1. The predicted octanol–water partition coefficient (Wildman–Crippen LogP) is 2.52. The average molecular weight is 326 g/mol. The smallest absolute Gasteiger partial charge is 0.258 e. The van der Waals surface area contributed by atoms with E-state index in [9.17, 15) is 0 Å². The Morgan fingerprint density at radius 3 is 2.82 bits per heavy atom. The van der Waals surface area contributed by atoms with E-state index in [4.69, 9.17) is 19.7 Å². The van der Waals surface area contributed by atoms with E-state index in [1.165, 1.54) is 0 Å². The summed E-state index contributed by atoms with van der Waals surface area (Å²) < 4.78 is 15.9. The lowest BCUT2D eigenvalue weighted by atomic mass is 9.77. The van der Waals surface area contributed by atoms with E-state index < -0.39 is 5.54 Å². The number of nitrogens with zero attached hydrogens (tertiary/aromatic N) is 2. The van der Waals surface area contributed by atoms with Crippen molar-refractivity contribution in [3.8, 4) is 17.2 Å². The van der Waals surface area contributed by atoms with Crippen LogP contribution in [0.1, 0.15) is 25.1 Å². The summed E-state index contributed by atoms with van der Waals surface area (Å²) in [6.45, 7) is 1.05. The highest BCUT2D eigenvalue weighted by Gasteiger charge is 2.39. The van der Waals surface area contributed by atoms with Crippen LogP contribution in [0.25, 0.3) is 11.5 Å². The van der Waals surface area contributed by atoms with Crippen LogP contribution in [0.3, 0.4) is 0 Å². The lowest BCUT2D eigenvalue weighted by molar-refractivity contribution is 0.146. The molecule has 2 aromatic rings. The maximum atomic E-state index is 6.20. The molecule has 22 heavy (non-hydrogen) atoms. The van der Waals surface area contributed by atoms with Crippen LogP contribution >= 0.6 is 12.4 Å². The molecule has 1 aliphatic rings. The summed E-state index contributed by atoms with van der Waals surface area (Å²) in [4.78, 5) is 4.43. The van der Waals surface area contributed by atoms with Crippen LogP contribution in [-0.2, 0) is 10.3 Å². The Hall–Kier alpha value is -1.63. The number of nitrogens with two attached hydrogens (primary N) is 1. The fourth-order valence-corrected chi connectivity index (χ4v) is 2.29. The van der Waals surface area contributed by atoms with E-state index in [2.05, 4.69) is 10.1 Å². The highest BCUT2D eigenvalue weighted by atomic mass is 35.5. The zero-order chi connectivity index (χ0) is 14.7. The van der Waals surface area contributed by atoms with Crippen molar-refractivity contribution in [2.45, 2.75) is 24.8 Å². The van der Waals surface area contributed by atoms with Gasteiger partial charge in [0.25, 0.3) is 5.89 Å². The van der Waals surface area contributed by atoms with E-state index in [1.807, 2.05) is 24.3 Å². The van der Waals surface area contributed by atoms with Gasteiger partial charge in [-0.2, -0.15) is 4.98 Å². The van der Waals surface area contributed by atoms with Crippen molar-refractivity contribution < 1.29 is 14.0 Å². The number of aromatic nitrogens is 2. The van der Waals surface area contributed by atoms with Gasteiger partial charge in [-0.25, -0.2) is 0 Å². The number of halogens is 1. The molecule has 3 rings (SSSR count). The average Bonchev–Trinajstić information content (AvgIpc) is 2.96. The highest BCUT2D eigenvalue weighted by Crippen LogP contribution is 2.37. The summed E-state index contributed by atoms with van der Waals surface area (Å²) in [7, 11) is 1.64. The molecule has 1 aromatic heterocycles. The first-order chi connectivity index (χ1) is 10.2. The molecule has 0 spiro atoms. The first-order valence-corrected chi connectivity index (χ1v) is 7.06. The van der Waals surface area contributed by atoms with Gasteiger partial charge < -0.3 is 19.7 Å². The van der Waals surface area contributed by atoms with Crippen molar-refractivity contribution in [2.24, 2.45) is 5.73 Å². The summed E-state index contributed by atoms with van der Waals surface area (Å²) in [5.41, 5.74) is 6.62. The molecule has 0 radical (unpaired) electrons. The van der Waals surface area contributed by atoms with E-state index in [1.54, 1.807) is 7.11 Å². The molecule has 0 bridgehead atoms. The van der Waals surface area contributed by atoms with Gasteiger partial charge in [-0.1, -0.05) is 11.2 Å². The largest absolute Gasteiger partial charge is 0.491 e. The quantitative estimate of drug-likeness (QED) is 0.822. The summed E-state index contributed by atoms with van der Waals surface area (Å²) in [5.74, 6) is 1.81. The molecule has 1 heterocycles. The molecule has 0 aliphatic heterocycles. The van der Waals surface area contributed by atoms with Gasteiger partial charge in [-0.15, -0.1) is 12.4 Å². The molecule has 1 saturated carbocycles. The van der Waals surface area contributed by atoms with E-state index in [0.29, 0.717) is 24.9 Å². The number of ether oxygens (including phenoxy) is 2. The monoisotopic (exact) mass is 325 g/mol. The number of benzene rings is 1. The third-order valence-electron chi connectivity index (χ3n) is 3.75. The fourth-order valence-electron chi connectivity index (χ4n) is 2.29. The molecule has 1 fully saturated rings. The van der Waals surface area contributed by atoms with Gasteiger partial charge in [0.05, 0.1) is 12.1 Å². The summed E-state index contributed by atoms with van der Waals surface area (Å²) in [6, 6.07) is 7.55. The maximum Gasteiger partial charge on any atom is 0.258 e. The Balaban J connectivity index is 0.00000176. The van der Waals surface area contributed by atoms with Gasteiger partial charge in [0.1, 0.15) is 12.4 Å². The van der Waals surface area contributed by atoms with Crippen LogP contribution in [0.15, 0.2) is 28.8 Å². The molecule has 0 unspecified atom stereocenters. The number of rotatable bonds is 6. The molecule has 120 valence electrons. The van der Waals surface area contributed by atoms with Gasteiger partial charge in [0, 0.05) is 12.7 Å². The fraction of sp³-hybridized carbons (Fsp3) is 0.467. The highest BCUT2D eigenvalue weighted by molar-refractivity contribution is 5.85. The van der Waals surface area contributed by atoms with Crippen molar-refractivity contribution in [1.82, 2.24) is 10.1 Å². The lowest BCUT2D eigenvalue weighted by Gasteiger charge is -2.34. The summed E-state index contributed by atoms with van der Waals surface area (Å²) in [5, 5.41) is 4.02. The van der Waals surface area contributed by atoms with Gasteiger partial charge >= 0.3 is 0 Å². The minimum Gasteiger partial charge on any atom is -0.491 e. The first kappa shape index (κ1) is 16.7. The van der Waals surface area contributed by atoms with Crippen LogP contribution in [0, 0.1) is 0 Å². The first-order valence-electron chi connectivity index (χ1n) is 7.06. The lowest BCUT2D eigenvalue weighted by Crippen LogP contribution is -2.44. The zero-order valence-electron chi connectivity index (χ0n) is 12.4. The Labute approximate surface area is 135 Å². The zero-order valence-corrected chi connectivity index (χ0v) is 13.3. The van der Waals surface area contributed by atoms with Crippen LogP contribution in [0.4, 0.5) is 0 Å². The second-order valence-electron chi connectivity index (χ2n) is 5.30. The molecular formula is C15H20ClN3O3. The molecule has 6 nitrogen and oxygen atoms in total. The van der Waals surface area contributed by atoms with Crippen LogP contribution < -0.4 is 10.5 Å². The topological polar surface area (TPSA) is 83.4 Å². The Morgan fingerprint density at radius 1 is 1.32 bits per heavy atom. The van der Waals surface area contributed by atoms with E-state index >= 15 is 0 Å². The standard InChI is InChI=1S/C15H19N3O3.ClH/c1-19-8-9-20-12-5-2-4-11(10-12)13-17-14(18-21-13)15(16)6-3-7-15;/h2,4-5,10H,3,6-9,16H2,1H3;1H. The van der Waals surface area contributed by atoms with Gasteiger partial charge in [-0.3, -0.25) is 0 Å². The molecule has 1 aliphatic carbocycles. The summed E-state index contributed by atoms with van der Waals surface area (Å²) in [6.07, 6.45) is 2.93. The Morgan fingerprint density at radius 2 is 2.14 bits per heavy atom. The molecule has 7 heteroatoms. The maximum absolute atomic E-state index is 6.20. The van der Waals surface area contributed by atoms with Crippen molar-refractivity contribution >= 4 is 12.4 Å². The normalized spacial score (nSPS) is 15.7. The van der Waals surface area contributed by atoms with Crippen molar-refractivity contribution in [3.05, 3.63) is 30.1 Å². The van der Waals surface area contributed by atoms with Crippen LogP contribution in [-0.4, -0.2) is 30.5 Å². The second kappa shape index (κ2) is 7.09. The Bertz CT molecular complexity index is 614. The SMILES string of the molecule is COCCOc1cccc(-c2nc(C3(N)CCC3)no2)c1.Cl. The minimum atomic E-state index is -0.408. The van der Waals surface area contributed by atoms with Crippen molar-refractivity contribution in [2.75, 3.05) is 20.3 Å². The molecule has 0 amide bonds. The van der Waals surface area contributed by atoms with Gasteiger partial charge in [-0.05, 0) is 37.5 Å². The van der Waals surface area contributed by atoms with Crippen LogP contribution in [0.2, 0.25) is 0 Å². The molecular weight excluding hydrogens is 306 g/mol. The van der Waals surface area contributed by atoms with E-state index in [-0.39, 0.29) is 12.4 Å². The van der Waals surface area contributed by atoms with Gasteiger partial charge in [0.15, 0.2) is 5.82 Å². The number of hydrogen-bond acceptors (Lipinski definition) is 6. The molecule has 2 N–H and O–H groups in total. The van der Waals surface area contributed by atoms with Crippen molar-refractivity contribution in [3.63, 3.8) is 0 Å². The molecule has 0 saturated heterocycles. The Kier molecular flexibility index (Phi) is 5.39. The molecule has 0 atom stereocenters. The van der Waals surface area contributed by atoms with Crippen LogP contribution in [0.5, 0.6) is 5.75 Å². The third-order valence-corrected chi connectivity index (χ3v) is 3.75. The van der Waals surface area contributed by atoms with Gasteiger partial charge in [0.2, 0.25) is 0 Å². The third kappa shape index (κ3) is 3.40. The molecule has 1 aromatic carbocycles. The predicted molar refractivity (Wildman–Crippen MR) is 84.1 cm³/mol. The minimum absolute atomic E-state index is 0. The second-order valence-corrected chi connectivity index (χ2v) is 5.30.